The molecule has 2 fully saturated rings. The quantitative estimate of drug-likeness (QED) is 0.922. The van der Waals surface area contributed by atoms with E-state index in [1.807, 2.05) is 18.2 Å². The number of likely N-dealkylation sites (tertiary alicyclic amines) is 1. The van der Waals surface area contributed by atoms with Crippen LogP contribution < -0.4 is 4.74 Å². The number of carboxylic acid groups (broad SMARTS) is 1. The summed E-state index contributed by atoms with van der Waals surface area (Å²) in [6, 6.07) is 7.98. The summed E-state index contributed by atoms with van der Waals surface area (Å²) in [6.45, 7) is 3.58. The molecule has 5 heteroatoms. The summed E-state index contributed by atoms with van der Waals surface area (Å²) in [6.07, 6.45) is 1.69. The summed E-state index contributed by atoms with van der Waals surface area (Å²) in [5, 5.41) is 9.61. The number of hydrogen-bond donors (Lipinski definition) is 1. The van der Waals surface area contributed by atoms with E-state index in [4.69, 9.17) is 9.47 Å². The Morgan fingerprint density at radius 2 is 2.23 bits per heavy atom. The van der Waals surface area contributed by atoms with Crippen molar-refractivity contribution in [1.29, 1.82) is 0 Å². The number of rotatable bonds is 4. The Kier molecular flexibility index (Phi) is 4.36. The zero-order valence-corrected chi connectivity index (χ0v) is 13.0. The van der Waals surface area contributed by atoms with E-state index in [9.17, 15) is 9.90 Å². The van der Waals surface area contributed by atoms with Crippen LogP contribution in [0.1, 0.15) is 18.4 Å². The van der Waals surface area contributed by atoms with Crippen LogP contribution in [0.15, 0.2) is 24.3 Å². The number of carboxylic acids is 1. The molecule has 1 N–H and O–H groups in total. The van der Waals surface area contributed by atoms with Crippen LogP contribution >= 0.6 is 0 Å². The second-order valence-electron chi connectivity index (χ2n) is 6.39. The molecule has 120 valence electrons. The van der Waals surface area contributed by atoms with Gasteiger partial charge in [-0.25, -0.2) is 0 Å². The Hall–Kier alpha value is -1.59. The van der Waals surface area contributed by atoms with E-state index in [0.29, 0.717) is 19.8 Å². The van der Waals surface area contributed by atoms with Crippen LogP contribution in [0, 0.1) is 11.3 Å². The predicted octanol–water partition coefficient (Wildman–Crippen LogP) is 2.01. The lowest BCUT2D eigenvalue weighted by atomic mass is 9.72. The summed E-state index contributed by atoms with van der Waals surface area (Å²) >= 11 is 0. The Labute approximate surface area is 130 Å². The minimum Gasteiger partial charge on any atom is -0.497 e. The number of carbonyl (C=O) groups is 1. The Morgan fingerprint density at radius 1 is 1.45 bits per heavy atom. The largest absolute Gasteiger partial charge is 0.497 e. The van der Waals surface area contributed by atoms with Crippen LogP contribution in [0.4, 0.5) is 0 Å². The second kappa shape index (κ2) is 6.26. The van der Waals surface area contributed by atoms with E-state index in [-0.39, 0.29) is 11.3 Å². The van der Waals surface area contributed by atoms with Gasteiger partial charge in [-0.05, 0) is 30.5 Å². The Morgan fingerprint density at radius 3 is 2.91 bits per heavy atom. The van der Waals surface area contributed by atoms with Crippen molar-refractivity contribution in [3.8, 4) is 5.75 Å². The molecule has 0 bridgehead atoms. The summed E-state index contributed by atoms with van der Waals surface area (Å²) in [4.78, 5) is 13.9. The lowest BCUT2D eigenvalue weighted by Gasteiger charge is -2.36. The maximum absolute atomic E-state index is 11.7. The minimum absolute atomic E-state index is 0.122. The highest BCUT2D eigenvalue weighted by Crippen LogP contribution is 2.44. The maximum atomic E-state index is 11.7. The zero-order valence-electron chi connectivity index (χ0n) is 13.0. The van der Waals surface area contributed by atoms with Crippen molar-refractivity contribution >= 4 is 5.97 Å². The minimum atomic E-state index is -0.671. The molecule has 0 aromatic heterocycles. The molecule has 1 spiro atoms. The molecule has 22 heavy (non-hydrogen) atoms. The van der Waals surface area contributed by atoms with Crippen LogP contribution in [0.5, 0.6) is 5.75 Å². The fourth-order valence-electron chi connectivity index (χ4n) is 3.85. The second-order valence-corrected chi connectivity index (χ2v) is 6.39. The van der Waals surface area contributed by atoms with Gasteiger partial charge in [0.05, 0.1) is 13.0 Å². The number of benzene rings is 1. The van der Waals surface area contributed by atoms with Crippen LogP contribution in [0.3, 0.4) is 0 Å². The fraction of sp³-hybridized carbons (Fsp3) is 0.588. The number of methoxy groups -OCH3 is 1. The molecule has 0 unspecified atom stereocenters. The molecule has 5 nitrogen and oxygen atoms in total. The summed E-state index contributed by atoms with van der Waals surface area (Å²) in [5.41, 5.74) is 1.04. The molecule has 0 radical (unpaired) electrons. The third-order valence-electron chi connectivity index (χ3n) is 5.05. The van der Waals surface area contributed by atoms with E-state index in [1.54, 1.807) is 7.11 Å². The summed E-state index contributed by atoms with van der Waals surface area (Å²) < 4.78 is 10.7. The molecule has 2 aliphatic heterocycles. The average molecular weight is 305 g/mol. The molecule has 3 rings (SSSR count). The van der Waals surface area contributed by atoms with Gasteiger partial charge in [-0.15, -0.1) is 0 Å². The van der Waals surface area contributed by atoms with Crippen molar-refractivity contribution in [3.63, 3.8) is 0 Å². The topological polar surface area (TPSA) is 59.0 Å². The molecule has 1 aromatic carbocycles. The van der Waals surface area contributed by atoms with E-state index in [2.05, 4.69) is 11.0 Å². The van der Waals surface area contributed by atoms with Gasteiger partial charge >= 0.3 is 5.97 Å². The normalized spacial score (nSPS) is 24.5. The van der Waals surface area contributed by atoms with Gasteiger partial charge in [0.25, 0.3) is 0 Å². The first kappa shape index (κ1) is 15.3. The first-order valence-corrected chi connectivity index (χ1v) is 7.79. The summed E-state index contributed by atoms with van der Waals surface area (Å²) in [5.74, 6) is -0.121. The van der Waals surface area contributed by atoms with E-state index in [1.165, 1.54) is 0 Å². The van der Waals surface area contributed by atoms with Crippen molar-refractivity contribution in [2.24, 2.45) is 11.3 Å². The number of ether oxygens (including phenoxy) is 2. The van der Waals surface area contributed by atoms with Crippen LogP contribution in [-0.4, -0.2) is 49.4 Å². The maximum Gasteiger partial charge on any atom is 0.308 e. The molecule has 0 amide bonds. The first-order chi connectivity index (χ1) is 10.6. The van der Waals surface area contributed by atoms with Gasteiger partial charge in [0.1, 0.15) is 5.75 Å². The fourth-order valence-corrected chi connectivity index (χ4v) is 3.85. The molecular formula is C17H23NO4. The average Bonchev–Trinajstić information content (AvgIpc) is 2.86. The summed E-state index contributed by atoms with van der Waals surface area (Å²) in [7, 11) is 1.66. The third kappa shape index (κ3) is 2.96. The van der Waals surface area contributed by atoms with E-state index >= 15 is 0 Å². The smallest absolute Gasteiger partial charge is 0.308 e. The lowest BCUT2D eigenvalue weighted by molar-refractivity contribution is -0.146. The molecule has 0 aliphatic carbocycles. The van der Waals surface area contributed by atoms with Crippen molar-refractivity contribution in [1.82, 2.24) is 4.90 Å². The van der Waals surface area contributed by atoms with Gasteiger partial charge in [0.15, 0.2) is 0 Å². The monoisotopic (exact) mass is 305 g/mol. The van der Waals surface area contributed by atoms with Gasteiger partial charge in [-0.1, -0.05) is 12.1 Å². The zero-order chi connectivity index (χ0) is 15.6. The van der Waals surface area contributed by atoms with E-state index < -0.39 is 5.97 Å². The Balaban J connectivity index is 1.74. The molecule has 1 atom stereocenters. The first-order valence-electron chi connectivity index (χ1n) is 7.79. The van der Waals surface area contributed by atoms with Gasteiger partial charge in [0.2, 0.25) is 0 Å². The number of nitrogens with zero attached hydrogens (tertiary/aromatic N) is 1. The van der Waals surface area contributed by atoms with Gasteiger partial charge in [-0.3, -0.25) is 9.69 Å². The van der Waals surface area contributed by atoms with Crippen molar-refractivity contribution in [3.05, 3.63) is 29.8 Å². The molecular weight excluding hydrogens is 282 g/mol. The molecule has 0 saturated carbocycles. The van der Waals surface area contributed by atoms with Gasteiger partial charge in [0, 0.05) is 38.3 Å². The SMILES string of the molecule is COc1cccc(CN2C[C@@H](C(=O)O)C3(CCOCC3)C2)c1. The standard InChI is InChI=1S/C17H23NO4/c1-21-14-4-2-3-13(9-14)10-18-11-15(16(19)20)17(12-18)5-7-22-8-6-17/h2-4,9,15H,5-8,10-12H2,1H3,(H,19,20)/t15-/m0/s1. The molecule has 2 aliphatic rings. The Bertz CT molecular complexity index is 539. The van der Waals surface area contributed by atoms with Gasteiger partial charge < -0.3 is 14.6 Å². The molecule has 1 aromatic rings. The number of aliphatic carboxylic acids is 1. The van der Waals surface area contributed by atoms with Gasteiger partial charge in [-0.2, -0.15) is 0 Å². The third-order valence-corrected chi connectivity index (χ3v) is 5.05. The highest BCUT2D eigenvalue weighted by molar-refractivity contribution is 5.72. The molecule has 2 heterocycles. The highest BCUT2D eigenvalue weighted by Gasteiger charge is 2.50. The van der Waals surface area contributed by atoms with Crippen LogP contribution in [-0.2, 0) is 16.1 Å². The van der Waals surface area contributed by atoms with Crippen molar-refractivity contribution < 1.29 is 19.4 Å². The highest BCUT2D eigenvalue weighted by atomic mass is 16.5. The molecule has 2 saturated heterocycles. The van der Waals surface area contributed by atoms with Crippen LogP contribution in [0.2, 0.25) is 0 Å². The van der Waals surface area contributed by atoms with Crippen molar-refractivity contribution in [2.45, 2.75) is 19.4 Å². The predicted molar refractivity (Wildman–Crippen MR) is 81.9 cm³/mol. The lowest BCUT2D eigenvalue weighted by Crippen LogP contribution is -2.40. The number of hydrogen-bond acceptors (Lipinski definition) is 4. The van der Waals surface area contributed by atoms with Crippen molar-refractivity contribution in [2.75, 3.05) is 33.4 Å². The van der Waals surface area contributed by atoms with E-state index in [0.717, 1.165) is 37.2 Å². The van der Waals surface area contributed by atoms with Crippen LogP contribution in [0.25, 0.3) is 0 Å².